The van der Waals surface area contributed by atoms with Crippen molar-refractivity contribution in [2.24, 2.45) is 5.92 Å². The summed E-state index contributed by atoms with van der Waals surface area (Å²) in [6.07, 6.45) is 11.8. The third kappa shape index (κ3) is 7.13. The fourth-order valence-electron chi connectivity index (χ4n) is 5.83. The minimum Gasteiger partial charge on any atom is -0.257 e. The average molecular weight is 508 g/mol. The Balaban J connectivity index is 0.00000127. The standard InChI is InChI=1S/C34H43N.C3H6/c1-7-10-12-29-16-18-31-32(27-15-14-26(11-8-2)25(6)21-27)22-33(34(31)35-29)30-17-13-24(5)20-28(30)19-23(4)9-3;1-3-2/h9,13-18,20-21,23,32-33H,3,7-8,10-12,19,22H2,1-2,4-6H3;3H,1H2,2H3. The summed E-state index contributed by atoms with van der Waals surface area (Å²) in [4.78, 5) is 5.34. The highest BCUT2D eigenvalue weighted by atomic mass is 14.7. The van der Waals surface area contributed by atoms with Gasteiger partial charge in [0.25, 0.3) is 0 Å². The first-order chi connectivity index (χ1) is 18.4. The molecule has 0 spiro atoms. The Kier molecular flexibility index (Phi) is 11.1. The zero-order valence-electron chi connectivity index (χ0n) is 24.8. The van der Waals surface area contributed by atoms with Crippen LogP contribution in [0.4, 0.5) is 0 Å². The van der Waals surface area contributed by atoms with Crippen LogP contribution in [-0.2, 0) is 19.3 Å². The summed E-state index contributed by atoms with van der Waals surface area (Å²) >= 11 is 0. The van der Waals surface area contributed by atoms with Gasteiger partial charge in [-0.05, 0) is 98.2 Å². The van der Waals surface area contributed by atoms with Crippen molar-refractivity contribution in [3.05, 3.63) is 124 Å². The summed E-state index contributed by atoms with van der Waals surface area (Å²) in [6, 6.07) is 19.0. The van der Waals surface area contributed by atoms with Crippen molar-refractivity contribution in [1.82, 2.24) is 4.98 Å². The summed E-state index contributed by atoms with van der Waals surface area (Å²) in [5.41, 5.74) is 12.6. The molecule has 202 valence electrons. The van der Waals surface area contributed by atoms with Gasteiger partial charge in [0.15, 0.2) is 0 Å². The van der Waals surface area contributed by atoms with Gasteiger partial charge in [-0.1, -0.05) is 93.8 Å². The Morgan fingerprint density at radius 3 is 2.29 bits per heavy atom. The van der Waals surface area contributed by atoms with Crippen LogP contribution in [0.3, 0.4) is 0 Å². The van der Waals surface area contributed by atoms with Crippen molar-refractivity contribution >= 4 is 0 Å². The second kappa shape index (κ2) is 14.3. The van der Waals surface area contributed by atoms with Crippen molar-refractivity contribution in [2.75, 3.05) is 0 Å². The van der Waals surface area contributed by atoms with E-state index < -0.39 is 0 Å². The smallest absolute Gasteiger partial charge is 0.0520 e. The van der Waals surface area contributed by atoms with Crippen molar-refractivity contribution in [3.63, 3.8) is 0 Å². The van der Waals surface area contributed by atoms with Gasteiger partial charge in [0, 0.05) is 17.5 Å². The molecule has 1 aliphatic rings. The first-order valence-corrected chi connectivity index (χ1v) is 14.7. The van der Waals surface area contributed by atoms with Crippen molar-refractivity contribution in [2.45, 2.75) is 98.3 Å². The molecular formula is C37H49N. The summed E-state index contributed by atoms with van der Waals surface area (Å²) in [6.45, 7) is 20.6. The molecule has 1 heteroatoms. The first kappa shape index (κ1) is 29.6. The molecule has 0 radical (unpaired) electrons. The number of aromatic nitrogens is 1. The predicted molar refractivity (Wildman–Crippen MR) is 166 cm³/mol. The largest absolute Gasteiger partial charge is 0.257 e. The zero-order valence-corrected chi connectivity index (χ0v) is 24.8. The Morgan fingerprint density at radius 1 is 0.895 bits per heavy atom. The molecule has 0 amide bonds. The van der Waals surface area contributed by atoms with Gasteiger partial charge in [-0.25, -0.2) is 0 Å². The number of pyridine rings is 1. The Morgan fingerprint density at radius 2 is 1.63 bits per heavy atom. The fourth-order valence-corrected chi connectivity index (χ4v) is 5.83. The first-order valence-electron chi connectivity index (χ1n) is 14.7. The van der Waals surface area contributed by atoms with E-state index in [2.05, 4.69) is 102 Å². The van der Waals surface area contributed by atoms with E-state index in [1.165, 1.54) is 69.6 Å². The molecule has 0 saturated carbocycles. The zero-order chi connectivity index (χ0) is 27.7. The van der Waals surface area contributed by atoms with Crippen molar-refractivity contribution < 1.29 is 0 Å². The molecule has 3 unspecified atom stereocenters. The molecule has 0 saturated heterocycles. The van der Waals surface area contributed by atoms with E-state index in [1.54, 1.807) is 6.08 Å². The lowest BCUT2D eigenvalue weighted by Crippen LogP contribution is -2.07. The number of allylic oxidation sites excluding steroid dienone is 2. The van der Waals surface area contributed by atoms with Crippen LogP contribution in [-0.4, -0.2) is 4.98 Å². The second-order valence-corrected chi connectivity index (χ2v) is 11.2. The number of aryl methyl sites for hydroxylation is 4. The molecule has 1 heterocycles. The molecule has 0 N–H and O–H groups in total. The summed E-state index contributed by atoms with van der Waals surface area (Å²) in [5.74, 6) is 1.22. The molecule has 1 nitrogen and oxygen atoms in total. The highest BCUT2D eigenvalue weighted by Gasteiger charge is 2.35. The van der Waals surface area contributed by atoms with Crippen LogP contribution < -0.4 is 0 Å². The number of nitrogens with zero attached hydrogens (tertiary/aromatic N) is 1. The molecule has 2 aromatic carbocycles. The SMILES string of the molecule is C=CC.C=CC(C)Cc1cc(C)ccc1C1CC(c2ccc(CCC)c(C)c2)c2ccc(CCCC)nc21. The molecule has 4 rings (SSSR count). The second-order valence-electron chi connectivity index (χ2n) is 11.2. The number of rotatable bonds is 10. The van der Waals surface area contributed by atoms with Crippen LogP contribution in [0.15, 0.2) is 73.8 Å². The van der Waals surface area contributed by atoms with E-state index in [0.29, 0.717) is 17.8 Å². The maximum Gasteiger partial charge on any atom is 0.0520 e. The van der Waals surface area contributed by atoms with E-state index >= 15 is 0 Å². The normalized spacial score (nSPS) is 16.8. The van der Waals surface area contributed by atoms with E-state index in [0.717, 1.165) is 25.7 Å². The Labute approximate surface area is 233 Å². The summed E-state index contributed by atoms with van der Waals surface area (Å²) < 4.78 is 0. The van der Waals surface area contributed by atoms with Gasteiger partial charge in [-0.15, -0.1) is 13.2 Å². The lowest BCUT2D eigenvalue weighted by Gasteiger charge is -2.19. The minimum atomic E-state index is 0.347. The number of benzene rings is 2. The van der Waals surface area contributed by atoms with E-state index in [4.69, 9.17) is 4.98 Å². The molecular weight excluding hydrogens is 458 g/mol. The van der Waals surface area contributed by atoms with E-state index in [9.17, 15) is 0 Å². The number of hydrogen-bond donors (Lipinski definition) is 0. The van der Waals surface area contributed by atoms with Gasteiger partial charge in [-0.2, -0.15) is 0 Å². The fraction of sp³-hybridized carbons (Fsp3) is 0.432. The third-order valence-electron chi connectivity index (χ3n) is 7.88. The minimum absolute atomic E-state index is 0.347. The third-order valence-corrected chi connectivity index (χ3v) is 7.88. The maximum atomic E-state index is 5.34. The monoisotopic (exact) mass is 507 g/mol. The molecule has 1 aliphatic carbocycles. The molecule has 1 aromatic heterocycles. The van der Waals surface area contributed by atoms with Crippen LogP contribution in [0.5, 0.6) is 0 Å². The van der Waals surface area contributed by atoms with Crippen LogP contribution in [0.1, 0.15) is 116 Å². The van der Waals surface area contributed by atoms with Gasteiger partial charge in [-0.3, -0.25) is 4.98 Å². The average Bonchev–Trinajstić information content (AvgIpc) is 3.28. The van der Waals surface area contributed by atoms with E-state index in [1.807, 2.05) is 6.92 Å². The predicted octanol–water partition coefficient (Wildman–Crippen LogP) is 10.2. The molecule has 3 aromatic rings. The molecule has 38 heavy (non-hydrogen) atoms. The molecule has 3 atom stereocenters. The maximum absolute atomic E-state index is 5.34. The van der Waals surface area contributed by atoms with Crippen LogP contribution in [0, 0.1) is 19.8 Å². The quantitative estimate of drug-likeness (QED) is 0.249. The van der Waals surface area contributed by atoms with Crippen LogP contribution in [0.2, 0.25) is 0 Å². The highest BCUT2D eigenvalue weighted by Crippen LogP contribution is 2.48. The Hall–Kier alpha value is -2.93. The van der Waals surface area contributed by atoms with Crippen LogP contribution in [0.25, 0.3) is 0 Å². The van der Waals surface area contributed by atoms with Gasteiger partial charge in [0.1, 0.15) is 0 Å². The van der Waals surface area contributed by atoms with Gasteiger partial charge in [0.2, 0.25) is 0 Å². The topological polar surface area (TPSA) is 12.9 Å². The van der Waals surface area contributed by atoms with Gasteiger partial charge in [0.05, 0.1) is 5.69 Å². The Bertz CT molecular complexity index is 1220. The lowest BCUT2D eigenvalue weighted by atomic mass is 9.85. The van der Waals surface area contributed by atoms with Crippen molar-refractivity contribution in [1.29, 1.82) is 0 Å². The summed E-state index contributed by atoms with van der Waals surface area (Å²) in [5, 5.41) is 0. The lowest BCUT2D eigenvalue weighted by molar-refractivity contribution is 0.674. The van der Waals surface area contributed by atoms with Gasteiger partial charge >= 0.3 is 0 Å². The van der Waals surface area contributed by atoms with E-state index in [-0.39, 0.29) is 0 Å². The molecule has 0 aliphatic heterocycles. The number of unbranched alkanes of at least 4 members (excludes halogenated alkanes) is 1. The van der Waals surface area contributed by atoms with Gasteiger partial charge < -0.3 is 0 Å². The number of hydrogen-bond acceptors (Lipinski definition) is 1. The molecule has 0 bridgehead atoms. The highest BCUT2D eigenvalue weighted by molar-refractivity contribution is 5.50. The summed E-state index contributed by atoms with van der Waals surface area (Å²) in [7, 11) is 0. The van der Waals surface area contributed by atoms with Crippen molar-refractivity contribution in [3.8, 4) is 0 Å². The molecule has 0 fully saturated rings. The van der Waals surface area contributed by atoms with Crippen LogP contribution >= 0.6 is 0 Å². The number of fused-ring (bicyclic) bond motifs is 1.